The van der Waals surface area contributed by atoms with E-state index < -0.39 is 0 Å². The fourth-order valence-electron chi connectivity index (χ4n) is 1.07. The molecule has 4 nitrogen and oxygen atoms in total. The van der Waals surface area contributed by atoms with Gasteiger partial charge in [-0.15, -0.1) is 0 Å². The monoisotopic (exact) mass is 273 g/mol. The maximum absolute atomic E-state index is 9.13. The van der Waals surface area contributed by atoms with Gasteiger partial charge in [-0.05, 0) is 29.8 Å². The quantitative estimate of drug-likeness (QED) is 0.824. The van der Waals surface area contributed by atoms with Crippen molar-refractivity contribution in [2.75, 3.05) is 11.9 Å². The average molecular weight is 274 g/mol. The van der Waals surface area contributed by atoms with Crippen molar-refractivity contribution in [2.45, 2.75) is 32.7 Å². The van der Waals surface area contributed by atoms with Crippen molar-refractivity contribution >= 4 is 21.7 Å². The van der Waals surface area contributed by atoms with Gasteiger partial charge in [0.25, 0.3) is 0 Å². The average Bonchev–Trinajstić information content (AvgIpc) is 2.16. The molecular formula is C10H16BrN3O. The molecule has 2 N–H and O–H groups in total. The highest BCUT2D eigenvalue weighted by Gasteiger charge is 2.16. The lowest BCUT2D eigenvalue weighted by molar-refractivity contribution is 0.234. The van der Waals surface area contributed by atoms with E-state index in [-0.39, 0.29) is 12.1 Å². The maximum atomic E-state index is 9.13. The SMILES string of the molecule is CCc1nc(Br)cc(NC(C)(C)CO)n1. The molecule has 0 spiro atoms. The van der Waals surface area contributed by atoms with Crippen LogP contribution < -0.4 is 5.32 Å². The van der Waals surface area contributed by atoms with Crippen LogP contribution in [-0.2, 0) is 6.42 Å². The molecule has 1 rings (SSSR count). The minimum atomic E-state index is -0.376. The second-order valence-corrected chi connectivity index (χ2v) is 4.83. The van der Waals surface area contributed by atoms with Gasteiger partial charge >= 0.3 is 0 Å². The number of aliphatic hydroxyl groups excluding tert-OH is 1. The molecule has 1 aromatic heterocycles. The molecule has 0 saturated carbocycles. The molecule has 0 aromatic carbocycles. The highest BCUT2D eigenvalue weighted by molar-refractivity contribution is 9.10. The van der Waals surface area contributed by atoms with Crippen LogP contribution in [0.3, 0.4) is 0 Å². The fraction of sp³-hybridized carbons (Fsp3) is 0.600. The molecule has 0 bridgehead atoms. The van der Waals surface area contributed by atoms with E-state index in [1.165, 1.54) is 0 Å². The molecule has 0 atom stereocenters. The maximum Gasteiger partial charge on any atom is 0.131 e. The van der Waals surface area contributed by atoms with Crippen molar-refractivity contribution in [3.05, 3.63) is 16.5 Å². The zero-order valence-corrected chi connectivity index (χ0v) is 10.8. The van der Waals surface area contributed by atoms with E-state index >= 15 is 0 Å². The Morgan fingerprint density at radius 2 is 2.13 bits per heavy atom. The van der Waals surface area contributed by atoms with Crippen LogP contribution in [-0.4, -0.2) is 27.2 Å². The third kappa shape index (κ3) is 3.76. The van der Waals surface area contributed by atoms with Crippen molar-refractivity contribution in [3.8, 4) is 0 Å². The van der Waals surface area contributed by atoms with Crippen LogP contribution in [0.4, 0.5) is 5.82 Å². The number of hydrogen-bond acceptors (Lipinski definition) is 4. The second kappa shape index (κ2) is 4.90. The number of aryl methyl sites for hydroxylation is 1. The topological polar surface area (TPSA) is 58.0 Å². The van der Waals surface area contributed by atoms with Crippen LogP contribution in [0.2, 0.25) is 0 Å². The highest BCUT2D eigenvalue weighted by atomic mass is 79.9. The van der Waals surface area contributed by atoms with Gasteiger partial charge in [0, 0.05) is 12.5 Å². The van der Waals surface area contributed by atoms with Gasteiger partial charge in [-0.3, -0.25) is 0 Å². The van der Waals surface area contributed by atoms with Crippen LogP contribution in [0.15, 0.2) is 10.7 Å². The smallest absolute Gasteiger partial charge is 0.131 e. The van der Waals surface area contributed by atoms with E-state index in [9.17, 15) is 0 Å². The van der Waals surface area contributed by atoms with Gasteiger partial charge in [-0.2, -0.15) is 0 Å². The molecule has 0 amide bonds. The molecule has 84 valence electrons. The first-order valence-electron chi connectivity index (χ1n) is 4.89. The van der Waals surface area contributed by atoms with Crippen LogP contribution >= 0.6 is 15.9 Å². The van der Waals surface area contributed by atoms with Crippen LogP contribution in [0.25, 0.3) is 0 Å². The lowest BCUT2D eigenvalue weighted by atomic mass is 10.1. The molecule has 5 heteroatoms. The molecule has 0 aliphatic carbocycles. The molecular weight excluding hydrogens is 258 g/mol. The van der Waals surface area contributed by atoms with Crippen molar-refractivity contribution in [3.63, 3.8) is 0 Å². The third-order valence-corrected chi connectivity index (χ3v) is 2.33. The number of nitrogens with one attached hydrogen (secondary N) is 1. The summed E-state index contributed by atoms with van der Waals surface area (Å²) in [6.07, 6.45) is 0.785. The zero-order valence-electron chi connectivity index (χ0n) is 9.21. The Balaban J connectivity index is 2.90. The van der Waals surface area contributed by atoms with Gasteiger partial charge in [0.1, 0.15) is 16.2 Å². The Kier molecular flexibility index (Phi) is 4.04. The summed E-state index contributed by atoms with van der Waals surface area (Å²) in [6, 6.07) is 1.80. The van der Waals surface area contributed by atoms with Crippen molar-refractivity contribution in [1.82, 2.24) is 9.97 Å². The number of rotatable bonds is 4. The number of hydrogen-bond donors (Lipinski definition) is 2. The van der Waals surface area contributed by atoms with Crippen LogP contribution in [0, 0.1) is 0 Å². The number of halogens is 1. The predicted octanol–water partition coefficient (Wildman–Crippen LogP) is 1.98. The summed E-state index contributed by atoms with van der Waals surface area (Å²) in [4.78, 5) is 8.53. The van der Waals surface area contributed by atoms with Crippen LogP contribution in [0.1, 0.15) is 26.6 Å². The summed E-state index contributed by atoms with van der Waals surface area (Å²) in [5.41, 5.74) is -0.376. The van der Waals surface area contributed by atoms with E-state index in [1.54, 1.807) is 6.07 Å². The molecule has 0 saturated heterocycles. The number of aromatic nitrogens is 2. The van der Waals surface area contributed by atoms with Crippen molar-refractivity contribution in [2.24, 2.45) is 0 Å². The molecule has 1 heterocycles. The Morgan fingerprint density at radius 3 is 2.67 bits per heavy atom. The predicted molar refractivity (Wildman–Crippen MR) is 63.9 cm³/mol. The molecule has 0 aliphatic heterocycles. The van der Waals surface area contributed by atoms with Gasteiger partial charge in [0.15, 0.2) is 0 Å². The zero-order chi connectivity index (χ0) is 11.5. The third-order valence-electron chi connectivity index (χ3n) is 1.92. The molecule has 0 unspecified atom stereocenters. The number of anilines is 1. The van der Waals surface area contributed by atoms with Gasteiger partial charge in [-0.1, -0.05) is 6.92 Å². The molecule has 0 aliphatic rings. The Labute approximate surface area is 98.3 Å². The summed E-state index contributed by atoms with van der Waals surface area (Å²) < 4.78 is 0.755. The molecule has 0 fully saturated rings. The minimum absolute atomic E-state index is 0.0517. The molecule has 15 heavy (non-hydrogen) atoms. The summed E-state index contributed by atoms with van der Waals surface area (Å²) in [5.74, 6) is 1.51. The summed E-state index contributed by atoms with van der Waals surface area (Å²) in [7, 11) is 0. The van der Waals surface area contributed by atoms with E-state index in [1.807, 2.05) is 20.8 Å². The highest BCUT2D eigenvalue weighted by Crippen LogP contribution is 2.16. The van der Waals surface area contributed by atoms with Crippen molar-refractivity contribution in [1.29, 1.82) is 0 Å². The first-order chi connectivity index (χ1) is 6.96. The van der Waals surface area contributed by atoms with Gasteiger partial charge in [0.2, 0.25) is 0 Å². The largest absolute Gasteiger partial charge is 0.394 e. The molecule has 1 aromatic rings. The van der Waals surface area contributed by atoms with E-state index in [4.69, 9.17) is 5.11 Å². The Bertz CT molecular complexity index is 341. The molecule has 0 radical (unpaired) electrons. The van der Waals surface area contributed by atoms with Crippen LogP contribution in [0.5, 0.6) is 0 Å². The van der Waals surface area contributed by atoms with Gasteiger partial charge in [0.05, 0.1) is 12.1 Å². The van der Waals surface area contributed by atoms with Crippen molar-refractivity contribution < 1.29 is 5.11 Å². The summed E-state index contributed by atoms with van der Waals surface area (Å²) in [5, 5.41) is 12.3. The Hall–Kier alpha value is -0.680. The number of aliphatic hydroxyl groups is 1. The second-order valence-electron chi connectivity index (χ2n) is 4.01. The first-order valence-corrected chi connectivity index (χ1v) is 5.68. The summed E-state index contributed by atoms with van der Waals surface area (Å²) >= 11 is 3.33. The lowest BCUT2D eigenvalue weighted by Gasteiger charge is -2.24. The fourth-order valence-corrected chi connectivity index (χ4v) is 1.49. The minimum Gasteiger partial charge on any atom is -0.394 e. The van der Waals surface area contributed by atoms with E-state index in [2.05, 4.69) is 31.2 Å². The number of nitrogens with zero attached hydrogens (tertiary/aromatic N) is 2. The van der Waals surface area contributed by atoms with Gasteiger partial charge in [-0.25, -0.2) is 9.97 Å². The van der Waals surface area contributed by atoms with Gasteiger partial charge < -0.3 is 10.4 Å². The first kappa shape index (κ1) is 12.4. The summed E-state index contributed by atoms with van der Waals surface area (Å²) in [6.45, 7) is 5.88. The van der Waals surface area contributed by atoms with E-state index in [0.717, 1.165) is 22.7 Å². The van der Waals surface area contributed by atoms with E-state index in [0.29, 0.717) is 0 Å². The lowest BCUT2D eigenvalue weighted by Crippen LogP contribution is -2.35. The normalized spacial score (nSPS) is 11.5. The standard InChI is InChI=1S/C10H16BrN3O/c1-4-8-12-7(11)5-9(13-8)14-10(2,3)6-15/h5,15H,4,6H2,1-3H3,(H,12,13,14). The Morgan fingerprint density at radius 1 is 1.47 bits per heavy atom.